The lowest BCUT2D eigenvalue weighted by Gasteiger charge is -2.22. The first-order chi connectivity index (χ1) is 18.4. The molecule has 0 spiro atoms. The molecular weight excluding hydrogens is 548 g/mol. The molecule has 1 atom stereocenters. The number of carboxylic acid groups (broad SMARTS) is 1. The van der Waals surface area contributed by atoms with Crippen molar-refractivity contribution in [1.29, 1.82) is 0 Å². The van der Waals surface area contributed by atoms with Gasteiger partial charge in [-0.25, -0.2) is 9.69 Å². The van der Waals surface area contributed by atoms with Crippen LogP contribution < -0.4 is 4.74 Å². The summed E-state index contributed by atoms with van der Waals surface area (Å²) in [7, 11) is 1.62. The summed E-state index contributed by atoms with van der Waals surface area (Å²) >= 11 is 3.46. The van der Waals surface area contributed by atoms with Crippen molar-refractivity contribution in [3.63, 3.8) is 0 Å². The molecule has 9 heteroatoms. The Labute approximate surface area is 228 Å². The highest BCUT2D eigenvalue weighted by atomic mass is 79.9. The Morgan fingerprint density at radius 2 is 1.71 bits per heavy atom. The quantitative estimate of drug-likeness (QED) is 0.285. The highest BCUT2D eigenvalue weighted by Crippen LogP contribution is 2.37. The molecule has 1 aromatic heterocycles. The number of rotatable bonds is 8. The first-order valence-corrected chi connectivity index (χ1v) is 12.9. The molecular formula is C29H25BrN4O4. The highest BCUT2D eigenvalue weighted by Gasteiger charge is 2.34. The number of methoxy groups -OCH3 is 1. The average molecular weight is 573 g/mol. The van der Waals surface area contributed by atoms with Crippen LogP contribution in [-0.4, -0.2) is 44.6 Å². The molecule has 2 heterocycles. The van der Waals surface area contributed by atoms with Crippen molar-refractivity contribution in [2.24, 2.45) is 5.10 Å². The number of nitrogens with zero attached hydrogens (tertiary/aromatic N) is 4. The maximum absolute atomic E-state index is 13.1. The van der Waals surface area contributed by atoms with Crippen LogP contribution in [0.3, 0.4) is 0 Å². The molecule has 1 amide bonds. The van der Waals surface area contributed by atoms with E-state index in [1.54, 1.807) is 11.8 Å². The van der Waals surface area contributed by atoms with E-state index >= 15 is 0 Å². The summed E-state index contributed by atoms with van der Waals surface area (Å²) in [4.78, 5) is 24.3. The minimum atomic E-state index is -1.02. The zero-order valence-electron chi connectivity index (χ0n) is 20.6. The first kappa shape index (κ1) is 25.4. The molecule has 0 bridgehead atoms. The Bertz CT molecular complexity index is 1480. The van der Waals surface area contributed by atoms with Crippen molar-refractivity contribution in [3.8, 4) is 22.7 Å². The second-order valence-corrected chi connectivity index (χ2v) is 9.77. The summed E-state index contributed by atoms with van der Waals surface area (Å²) in [5.41, 5.74) is 4.92. The summed E-state index contributed by atoms with van der Waals surface area (Å²) in [6.07, 6.45) is 2.01. The van der Waals surface area contributed by atoms with Gasteiger partial charge in [0.15, 0.2) is 0 Å². The van der Waals surface area contributed by atoms with E-state index in [-0.39, 0.29) is 24.8 Å². The Hall–Kier alpha value is -4.24. The number of aliphatic carboxylic acids is 1. The molecule has 1 aliphatic heterocycles. The van der Waals surface area contributed by atoms with Gasteiger partial charge in [-0.3, -0.25) is 9.59 Å². The van der Waals surface area contributed by atoms with Gasteiger partial charge in [-0.15, -0.1) is 0 Å². The van der Waals surface area contributed by atoms with Gasteiger partial charge < -0.3 is 9.84 Å². The third-order valence-electron chi connectivity index (χ3n) is 6.38. The van der Waals surface area contributed by atoms with E-state index in [2.05, 4.69) is 15.9 Å². The fourth-order valence-corrected chi connectivity index (χ4v) is 4.70. The fraction of sp³-hybridized carbons (Fsp3) is 0.172. The monoisotopic (exact) mass is 572 g/mol. The molecule has 4 aromatic rings. The van der Waals surface area contributed by atoms with Crippen molar-refractivity contribution >= 4 is 33.5 Å². The standard InChI is InChI=1S/C29H25BrN4O4/c1-38-23-13-9-20(10-14-23)29-24(18-33(32-29)22-5-3-2-4-6-22)25-17-26(19-7-11-21(30)12-8-19)34(31-25)27(35)15-16-28(36)37/h2-14,18,26H,15-17H2,1H3,(H,36,37). The van der Waals surface area contributed by atoms with Crippen LogP contribution in [0, 0.1) is 0 Å². The summed E-state index contributed by atoms with van der Waals surface area (Å²) < 4.78 is 8.06. The van der Waals surface area contributed by atoms with Gasteiger partial charge in [-0.05, 0) is 54.1 Å². The van der Waals surface area contributed by atoms with Gasteiger partial charge in [0.2, 0.25) is 5.91 Å². The number of hydrazone groups is 1. The van der Waals surface area contributed by atoms with Crippen molar-refractivity contribution in [2.45, 2.75) is 25.3 Å². The normalized spacial score (nSPS) is 14.8. The van der Waals surface area contributed by atoms with Crippen LogP contribution in [0.15, 0.2) is 94.6 Å². The number of carboxylic acids is 1. The summed E-state index contributed by atoms with van der Waals surface area (Å²) in [6.45, 7) is 0. The lowest BCUT2D eigenvalue weighted by molar-refractivity contribution is -0.141. The van der Waals surface area contributed by atoms with Crippen molar-refractivity contribution in [3.05, 3.63) is 101 Å². The topological polar surface area (TPSA) is 97.0 Å². The lowest BCUT2D eigenvalue weighted by Crippen LogP contribution is -2.27. The molecule has 3 aromatic carbocycles. The number of hydrogen-bond acceptors (Lipinski definition) is 5. The molecule has 0 saturated heterocycles. The number of amides is 1. The van der Waals surface area contributed by atoms with Gasteiger partial charge in [0.25, 0.3) is 0 Å². The Morgan fingerprint density at radius 3 is 2.37 bits per heavy atom. The number of carbonyl (C=O) groups excluding carboxylic acids is 1. The molecule has 0 fully saturated rings. The fourth-order valence-electron chi connectivity index (χ4n) is 4.44. The Morgan fingerprint density at radius 1 is 1.00 bits per heavy atom. The van der Waals surface area contributed by atoms with Crippen molar-refractivity contribution in [1.82, 2.24) is 14.8 Å². The van der Waals surface area contributed by atoms with Crippen molar-refractivity contribution in [2.75, 3.05) is 7.11 Å². The molecule has 0 aliphatic carbocycles. The second kappa shape index (κ2) is 11.0. The lowest BCUT2D eigenvalue weighted by atomic mass is 9.97. The third kappa shape index (κ3) is 5.38. The van der Waals surface area contributed by atoms with Crippen LogP contribution in [0.4, 0.5) is 0 Å². The predicted molar refractivity (Wildman–Crippen MR) is 147 cm³/mol. The maximum Gasteiger partial charge on any atom is 0.303 e. The van der Waals surface area contributed by atoms with Crippen LogP contribution in [0.2, 0.25) is 0 Å². The van der Waals surface area contributed by atoms with E-state index in [9.17, 15) is 9.59 Å². The number of para-hydroxylation sites is 1. The Balaban J connectivity index is 1.58. The van der Waals surface area contributed by atoms with Crippen LogP contribution in [0.25, 0.3) is 16.9 Å². The summed E-state index contributed by atoms with van der Waals surface area (Å²) in [5, 5.41) is 20.2. The smallest absolute Gasteiger partial charge is 0.303 e. The van der Waals surface area contributed by atoms with Crippen LogP contribution in [-0.2, 0) is 9.59 Å². The number of carbonyl (C=O) groups is 2. The van der Waals surface area contributed by atoms with Gasteiger partial charge >= 0.3 is 5.97 Å². The van der Waals surface area contributed by atoms with Crippen molar-refractivity contribution < 1.29 is 19.4 Å². The van der Waals surface area contributed by atoms with Crippen LogP contribution in [0.1, 0.15) is 36.4 Å². The zero-order valence-corrected chi connectivity index (χ0v) is 22.2. The van der Waals surface area contributed by atoms with Crippen LogP contribution in [0.5, 0.6) is 5.75 Å². The zero-order chi connectivity index (χ0) is 26.6. The molecule has 0 radical (unpaired) electrons. The van der Waals surface area contributed by atoms with E-state index in [0.29, 0.717) is 12.1 Å². The minimum Gasteiger partial charge on any atom is -0.497 e. The van der Waals surface area contributed by atoms with E-state index in [0.717, 1.165) is 38.3 Å². The van der Waals surface area contributed by atoms with E-state index < -0.39 is 5.97 Å². The second-order valence-electron chi connectivity index (χ2n) is 8.85. The molecule has 1 aliphatic rings. The van der Waals surface area contributed by atoms with Gasteiger partial charge in [-0.1, -0.05) is 46.3 Å². The third-order valence-corrected chi connectivity index (χ3v) is 6.91. The van der Waals surface area contributed by atoms with Crippen LogP contribution >= 0.6 is 15.9 Å². The molecule has 192 valence electrons. The van der Waals surface area contributed by atoms with Gasteiger partial charge in [0, 0.05) is 34.6 Å². The van der Waals surface area contributed by atoms with Gasteiger partial charge in [0.1, 0.15) is 11.4 Å². The molecule has 38 heavy (non-hydrogen) atoms. The minimum absolute atomic E-state index is 0.131. The average Bonchev–Trinajstić information content (AvgIpc) is 3.58. The summed E-state index contributed by atoms with van der Waals surface area (Å²) in [6, 6.07) is 24.8. The Kier molecular flexibility index (Phi) is 7.37. The highest BCUT2D eigenvalue weighted by molar-refractivity contribution is 9.10. The van der Waals surface area contributed by atoms with Gasteiger partial charge in [0.05, 0.1) is 31.0 Å². The molecule has 1 N–H and O–H groups in total. The van der Waals surface area contributed by atoms with Gasteiger partial charge in [-0.2, -0.15) is 10.2 Å². The number of benzene rings is 3. The molecule has 8 nitrogen and oxygen atoms in total. The van der Waals surface area contributed by atoms with E-state index in [4.69, 9.17) is 20.0 Å². The largest absolute Gasteiger partial charge is 0.497 e. The molecule has 0 saturated carbocycles. The first-order valence-electron chi connectivity index (χ1n) is 12.1. The molecule has 1 unspecified atom stereocenters. The molecule has 5 rings (SSSR count). The maximum atomic E-state index is 13.1. The number of hydrogen-bond donors (Lipinski definition) is 1. The number of halogens is 1. The van der Waals surface area contributed by atoms with E-state index in [1.807, 2.05) is 85.1 Å². The van der Waals surface area contributed by atoms with E-state index in [1.165, 1.54) is 5.01 Å². The predicted octanol–water partition coefficient (Wildman–Crippen LogP) is 5.85. The number of aromatic nitrogens is 2. The number of ether oxygens (including phenoxy) is 1. The SMILES string of the molecule is COc1ccc(-c2nn(-c3ccccc3)cc2C2=NN(C(=O)CCC(=O)O)C(c3ccc(Br)cc3)C2)cc1. The summed E-state index contributed by atoms with van der Waals surface area (Å²) in [5.74, 6) is -0.619.